The van der Waals surface area contributed by atoms with Crippen molar-refractivity contribution in [1.29, 1.82) is 0 Å². The Morgan fingerprint density at radius 2 is 1.90 bits per heavy atom. The summed E-state index contributed by atoms with van der Waals surface area (Å²) >= 11 is 1.31. The van der Waals surface area contributed by atoms with Gasteiger partial charge in [-0.1, -0.05) is 6.92 Å². The molecule has 0 saturated heterocycles. The second-order valence-electron chi connectivity index (χ2n) is 4.52. The Hall–Kier alpha value is -2.21. The van der Waals surface area contributed by atoms with Gasteiger partial charge in [-0.3, -0.25) is 9.59 Å². The van der Waals surface area contributed by atoms with Crippen LogP contribution in [0.15, 0.2) is 24.3 Å². The Labute approximate surface area is 125 Å². The van der Waals surface area contributed by atoms with E-state index in [-0.39, 0.29) is 0 Å². The summed E-state index contributed by atoms with van der Waals surface area (Å²) in [5.41, 5.74) is 6.93. The average Bonchev–Trinajstić information content (AvgIpc) is 2.75. The van der Waals surface area contributed by atoms with Crippen molar-refractivity contribution in [2.45, 2.75) is 20.3 Å². The molecule has 0 unspecified atom stereocenters. The van der Waals surface area contributed by atoms with E-state index in [1.807, 2.05) is 13.8 Å². The third kappa shape index (κ3) is 3.11. The van der Waals surface area contributed by atoms with Crippen LogP contribution in [0.3, 0.4) is 0 Å². The van der Waals surface area contributed by atoms with E-state index in [0.717, 1.165) is 10.4 Å². The number of nitrogens with two attached hydrogens (primary N) is 1. The van der Waals surface area contributed by atoms with Gasteiger partial charge in [0, 0.05) is 10.4 Å². The van der Waals surface area contributed by atoms with Gasteiger partial charge >= 0.3 is 0 Å². The molecule has 4 nitrogen and oxygen atoms in total. The minimum absolute atomic E-state index is 0.316. The summed E-state index contributed by atoms with van der Waals surface area (Å²) in [5.74, 6) is -1.38. The predicted octanol–water partition coefficient (Wildman–Crippen LogP) is 3.11. The van der Waals surface area contributed by atoms with Crippen LogP contribution in [0, 0.1) is 12.7 Å². The van der Waals surface area contributed by atoms with Gasteiger partial charge in [0.1, 0.15) is 10.8 Å². The first-order valence-electron chi connectivity index (χ1n) is 6.43. The molecule has 0 bridgehead atoms. The van der Waals surface area contributed by atoms with Gasteiger partial charge in [-0.2, -0.15) is 0 Å². The standard InChI is InChI=1S/C15H15FN2O2S/c1-3-11-8(2)21-15(12(11)13(17)19)18-14(20)9-4-6-10(16)7-5-9/h4-7H,3H2,1-2H3,(H2,17,19)(H,18,20). The van der Waals surface area contributed by atoms with Gasteiger partial charge in [-0.15, -0.1) is 11.3 Å². The number of thiophene rings is 1. The lowest BCUT2D eigenvalue weighted by Crippen LogP contribution is -2.17. The van der Waals surface area contributed by atoms with Crippen LogP contribution < -0.4 is 11.1 Å². The van der Waals surface area contributed by atoms with Crippen molar-refractivity contribution in [3.05, 3.63) is 51.7 Å². The molecule has 110 valence electrons. The van der Waals surface area contributed by atoms with Crippen LogP contribution in [0.25, 0.3) is 0 Å². The Morgan fingerprint density at radius 1 is 1.29 bits per heavy atom. The van der Waals surface area contributed by atoms with Crippen LogP contribution in [0.2, 0.25) is 0 Å². The molecule has 1 aromatic heterocycles. The third-order valence-corrected chi connectivity index (χ3v) is 4.21. The van der Waals surface area contributed by atoms with Crippen LogP contribution in [-0.2, 0) is 6.42 Å². The first-order chi connectivity index (χ1) is 9.93. The maximum atomic E-state index is 12.9. The van der Waals surface area contributed by atoms with Crippen LogP contribution >= 0.6 is 11.3 Å². The normalized spacial score (nSPS) is 10.4. The maximum absolute atomic E-state index is 12.9. The summed E-state index contributed by atoms with van der Waals surface area (Å²) in [7, 11) is 0. The second-order valence-corrected chi connectivity index (χ2v) is 5.74. The molecule has 2 amide bonds. The molecular weight excluding hydrogens is 291 g/mol. The van der Waals surface area contributed by atoms with E-state index >= 15 is 0 Å². The van der Waals surface area contributed by atoms with Crippen molar-refractivity contribution in [2.75, 3.05) is 5.32 Å². The Balaban J connectivity index is 2.33. The lowest BCUT2D eigenvalue weighted by molar-refractivity contribution is 0.100. The smallest absolute Gasteiger partial charge is 0.256 e. The molecular formula is C15H15FN2O2S. The van der Waals surface area contributed by atoms with E-state index in [2.05, 4.69) is 5.32 Å². The number of carbonyl (C=O) groups excluding carboxylic acids is 2. The Morgan fingerprint density at radius 3 is 2.43 bits per heavy atom. The van der Waals surface area contributed by atoms with Crippen LogP contribution in [0.5, 0.6) is 0 Å². The lowest BCUT2D eigenvalue weighted by atomic mass is 10.1. The fraction of sp³-hybridized carbons (Fsp3) is 0.200. The van der Waals surface area contributed by atoms with Gasteiger partial charge in [0.15, 0.2) is 0 Å². The molecule has 1 heterocycles. The number of amides is 2. The average molecular weight is 306 g/mol. The fourth-order valence-electron chi connectivity index (χ4n) is 2.13. The van der Waals surface area contributed by atoms with Crippen molar-refractivity contribution in [1.82, 2.24) is 0 Å². The van der Waals surface area contributed by atoms with E-state index in [1.54, 1.807) is 0 Å². The van der Waals surface area contributed by atoms with Crippen molar-refractivity contribution in [3.8, 4) is 0 Å². The van der Waals surface area contributed by atoms with Gasteiger partial charge in [-0.25, -0.2) is 4.39 Å². The zero-order chi connectivity index (χ0) is 15.6. The number of anilines is 1. The largest absolute Gasteiger partial charge is 0.365 e. The first kappa shape index (κ1) is 15.2. The van der Waals surface area contributed by atoms with Crippen molar-refractivity contribution in [3.63, 3.8) is 0 Å². The highest BCUT2D eigenvalue weighted by Gasteiger charge is 2.20. The Kier molecular flexibility index (Phi) is 4.37. The highest BCUT2D eigenvalue weighted by atomic mass is 32.1. The third-order valence-electron chi connectivity index (χ3n) is 3.14. The molecule has 0 fully saturated rings. The number of rotatable bonds is 4. The second kappa shape index (κ2) is 6.05. The summed E-state index contributed by atoms with van der Waals surface area (Å²) < 4.78 is 12.9. The van der Waals surface area contributed by atoms with E-state index in [9.17, 15) is 14.0 Å². The van der Waals surface area contributed by atoms with Gasteiger partial charge in [0.05, 0.1) is 5.56 Å². The number of nitrogens with one attached hydrogen (secondary N) is 1. The molecule has 0 aliphatic rings. The molecule has 0 aliphatic carbocycles. The molecule has 3 N–H and O–H groups in total. The van der Waals surface area contributed by atoms with E-state index < -0.39 is 17.6 Å². The molecule has 1 aromatic carbocycles. The molecule has 21 heavy (non-hydrogen) atoms. The van der Waals surface area contributed by atoms with Gasteiger partial charge in [-0.05, 0) is 43.2 Å². The number of aryl methyl sites for hydroxylation is 1. The van der Waals surface area contributed by atoms with Gasteiger partial charge < -0.3 is 11.1 Å². The zero-order valence-corrected chi connectivity index (χ0v) is 12.5. The topological polar surface area (TPSA) is 72.2 Å². The van der Waals surface area contributed by atoms with Gasteiger partial charge in [0.2, 0.25) is 0 Å². The van der Waals surface area contributed by atoms with Crippen LogP contribution in [0.4, 0.5) is 9.39 Å². The van der Waals surface area contributed by atoms with Crippen molar-refractivity contribution in [2.24, 2.45) is 5.73 Å². The van der Waals surface area contributed by atoms with E-state index in [0.29, 0.717) is 22.5 Å². The summed E-state index contributed by atoms with van der Waals surface area (Å²) in [5, 5.41) is 3.12. The minimum atomic E-state index is -0.564. The highest BCUT2D eigenvalue weighted by Crippen LogP contribution is 2.33. The number of benzene rings is 1. The first-order valence-corrected chi connectivity index (χ1v) is 7.24. The Bertz CT molecular complexity index is 692. The minimum Gasteiger partial charge on any atom is -0.365 e. The number of hydrogen-bond donors (Lipinski definition) is 2. The van der Waals surface area contributed by atoms with Crippen molar-refractivity contribution < 1.29 is 14.0 Å². The number of halogens is 1. The summed E-state index contributed by atoms with van der Waals surface area (Å²) in [6, 6.07) is 5.19. The zero-order valence-electron chi connectivity index (χ0n) is 11.7. The molecule has 0 aliphatic heterocycles. The van der Waals surface area contributed by atoms with Crippen LogP contribution in [0.1, 0.15) is 38.1 Å². The molecule has 2 aromatic rings. The van der Waals surface area contributed by atoms with E-state index in [1.165, 1.54) is 35.6 Å². The molecule has 0 saturated carbocycles. The molecule has 2 rings (SSSR count). The predicted molar refractivity (Wildman–Crippen MR) is 81.3 cm³/mol. The van der Waals surface area contributed by atoms with Crippen LogP contribution in [-0.4, -0.2) is 11.8 Å². The van der Waals surface area contributed by atoms with Crippen molar-refractivity contribution >= 4 is 28.2 Å². The number of hydrogen-bond acceptors (Lipinski definition) is 3. The summed E-state index contributed by atoms with van der Waals surface area (Å²) in [4.78, 5) is 24.7. The van der Waals surface area contributed by atoms with E-state index in [4.69, 9.17) is 5.73 Å². The highest BCUT2D eigenvalue weighted by molar-refractivity contribution is 7.16. The lowest BCUT2D eigenvalue weighted by Gasteiger charge is -2.05. The molecule has 6 heteroatoms. The quantitative estimate of drug-likeness (QED) is 0.911. The molecule has 0 atom stereocenters. The monoisotopic (exact) mass is 306 g/mol. The number of primary amides is 1. The fourth-order valence-corrected chi connectivity index (χ4v) is 3.28. The molecule has 0 spiro atoms. The SMILES string of the molecule is CCc1c(C)sc(NC(=O)c2ccc(F)cc2)c1C(N)=O. The maximum Gasteiger partial charge on any atom is 0.256 e. The summed E-state index contributed by atoms with van der Waals surface area (Å²) in [6.07, 6.45) is 0.660. The molecule has 0 radical (unpaired) electrons. The number of carbonyl (C=O) groups is 2. The van der Waals surface area contributed by atoms with Gasteiger partial charge in [0.25, 0.3) is 11.8 Å². The summed E-state index contributed by atoms with van der Waals surface area (Å²) in [6.45, 7) is 3.80.